The lowest BCUT2D eigenvalue weighted by Crippen LogP contribution is -2.61. The van der Waals surface area contributed by atoms with Gasteiger partial charge < -0.3 is 127 Å². The summed E-state index contributed by atoms with van der Waals surface area (Å²) in [6.07, 6.45) is -2.90. The van der Waals surface area contributed by atoms with E-state index in [-0.39, 0.29) is 118 Å². The molecular formula is C67H109N20O23PS2. The van der Waals surface area contributed by atoms with Gasteiger partial charge in [0, 0.05) is 49.1 Å². The third kappa shape index (κ3) is 34.4. The van der Waals surface area contributed by atoms with E-state index in [1.807, 2.05) is 0 Å². The normalized spacial score (nSPS) is 18.6. The molecule has 0 spiro atoms. The van der Waals surface area contributed by atoms with Gasteiger partial charge in [0.1, 0.15) is 60.4 Å². The number of carboxylic acid groups (broad SMARTS) is 1. The molecular weight excluding hydrogens is 1550 g/mol. The first kappa shape index (κ1) is 95.9. The van der Waals surface area contributed by atoms with Crippen LogP contribution in [0, 0.1) is 5.92 Å². The number of phosphoric acid groups is 1. The number of phosphoric ester groups is 1. The van der Waals surface area contributed by atoms with Gasteiger partial charge in [-0.15, -0.1) is 0 Å². The first-order valence-electron chi connectivity index (χ1n) is 36.8. The molecule has 15 atom stereocenters. The van der Waals surface area contributed by atoms with Crippen molar-refractivity contribution in [3.63, 3.8) is 0 Å². The molecule has 43 nitrogen and oxygen atoms in total. The van der Waals surface area contributed by atoms with Gasteiger partial charge in [0.25, 0.3) is 0 Å². The van der Waals surface area contributed by atoms with E-state index in [2.05, 4.69) is 92.1 Å². The van der Waals surface area contributed by atoms with Gasteiger partial charge in [-0.05, 0) is 103 Å². The number of unbranched alkanes of at least 4 members (excludes halogenated alkanes) is 2. The highest BCUT2D eigenvalue weighted by atomic mass is 32.2. The molecule has 0 saturated carbocycles. The molecule has 1 aromatic carbocycles. The van der Waals surface area contributed by atoms with Crippen molar-refractivity contribution in [1.29, 1.82) is 0 Å². The van der Waals surface area contributed by atoms with Crippen LogP contribution >= 0.6 is 32.2 Å². The molecule has 0 radical (unpaired) electrons. The molecule has 1 aromatic rings. The smallest absolute Gasteiger partial charge is 0.469 e. The summed E-state index contributed by atoms with van der Waals surface area (Å²) in [4.78, 5) is 239. The molecule has 0 unspecified atom stereocenters. The molecule has 632 valence electrons. The van der Waals surface area contributed by atoms with Crippen LogP contribution < -0.4 is 97.4 Å². The van der Waals surface area contributed by atoms with E-state index in [0.29, 0.717) is 24.8 Å². The van der Waals surface area contributed by atoms with Crippen LogP contribution in [0.25, 0.3) is 0 Å². The number of thiol groups is 1. The van der Waals surface area contributed by atoms with Gasteiger partial charge in [-0.3, -0.25) is 81.4 Å². The van der Waals surface area contributed by atoms with Crippen molar-refractivity contribution >= 4 is 133 Å². The molecule has 3 aliphatic rings. The zero-order valence-corrected chi connectivity index (χ0v) is 65.8. The summed E-state index contributed by atoms with van der Waals surface area (Å²) >= 11 is 5.95. The topological polar surface area (TPSA) is 689 Å². The molecule has 3 heterocycles. The molecule has 46 heteroatoms. The highest BCUT2D eigenvalue weighted by molar-refractivity contribution is 8.00. The molecule has 0 aromatic heterocycles. The van der Waals surface area contributed by atoms with E-state index < -0.39 is 208 Å². The third-order valence-corrected chi connectivity index (χ3v) is 20.5. The molecule has 0 aliphatic carbocycles. The Hall–Kier alpha value is -9.50. The van der Waals surface area contributed by atoms with Crippen molar-refractivity contribution in [2.75, 3.05) is 57.4 Å². The van der Waals surface area contributed by atoms with Crippen LogP contribution in [-0.2, 0) is 87.4 Å². The second-order valence-electron chi connectivity index (χ2n) is 27.6. The Labute approximate surface area is 661 Å². The Balaban J connectivity index is 1.44. The van der Waals surface area contributed by atoms with E-state index in [1.54, 1.807) is 55.9 Å². The van der Waals surface area contributed by atoms with Gasteiger partial charge in [0.2, 0.25) is 82.7 Å². The van der Waals surface area contributed by atoms with Gasteiger partial charge in [0.15, 0.2) is 5.96 Å². The van der Waals surface area contributed by atoms with Crippen LogP contribution in [0.2, 0.25) is 0 Å². The Bertz CT molecular complexity index is 3550. The summed E-state index contributed by atoms with van der Waals surface area (Å²) in [5.74, 6) is -15.3. The number of urea groups is 1. The van der Waals surface area contributed by atoms with Gasteiger partial charge in [-0.1, -0.05) is 50.6 Å². The van der Waals surface area contributed by atoms with E-state index in [9.17, 15) is 106 Å². The number of aliphatic carboxylic acids is 1. The molecule has 4 rings (SSSR count). The summed E-state index contributed by atoms with van der Waals surface area (Å²) in [6.45, 7) is 2.09. The number of fused-ring (bicyclic) bond motifs is 1. The number of hydrogen-bond donors (Lipinski definition) is 24. The standard InChI is InChI=1S/C67H109N20O23PS2/c1-34(2)26-41(56(69)96)79-62(102)44(32-112)82-59(99)39(17-12-24-72-66(70)71)77-58(98)38(16-10-11-23-68)78-63(103)46-18-13-25-87(46)65(105)54(36(4)110-111(107,108)109)85-60(100)40(21-22-52(94)95)76-50(92)30-75-57(97)43(31-88)81-61(101)42(27-37-14-6-5-7-15-37)80-64(104)53(35(3)89)84-51(93)29-74-49(91)28-73-48(90)20-9-8-19-47-55-45(33-113-47)83-67(106)86-55/h5-7,14-15,34-36,38-47,53-55,88-89,112H,8-13,16-33,68H2,1-4H3,(H2,69,96)(H,73,90)(H,74,91)(H,75,97)(H,76,92)(H,77,98)(H,78,103)(H,79,102)(H,80,104)(H,81,101)(H,82,99)(H,84,93)(H,85,100)(H,94,95)(H4,70,71,72)(H2,83,86,106)(H2,107,108,109)/t35-,36-,38+,39+,40+,41+,42+,43+,44+,45+,46+,47+,53+,54+,55+/m1/s1. The Morgan fingerprint density at radius 1 is 0.646 bits per heavy atom. The van der Waals surface area contributed by atoms with E-state index in [1.165, 1.54) is 0 Å². The largest absolute Gasteiger partial charge is 0.481 e. The van der Waals surface area contributed by atoms with Crippen molar-refractivity contribution in [2.24, 2.45) is 33.8 Å². The zero-order chi connectivity index (χ0) is 84.2. The minimum absolute atomic E-state index is 0.0168. The lowest BCUT2D eigenvalue weighted by molar-refractivity contribution is -0.144. The maximum Gasteiger partial charge on any atom is 0.469 e. The number of thioether (sulfide) groups is 1. The minimum atomic E-state index is -5.54. The number of likely N-dealkylation sites (tertiary alicyclic amines) is 1. The fraction of sp³-hybridized carbons (Fsp3) is 0.657. The minimum Gasteiger partial charge on any atom is -0.481 e. The monoisotopic (exact) mass is 1660 g/mol. The number of carbonyl (C=O) groups is 16. The van der Waals surface area contributed by atoms with Crippen molar-refractivity contribution in [3.05, 3.63) is 35.9 Å². The number of hydrogen-bond acceptors (Lipinski definition) is 24. The first-order chi connectivity index (χ1) is 53.3. The van der Waals surface area contributed by atoms with Crippen LogP contribution in [0.15, 0.2) is 35.3 Å². The predicted octanol–water partition coefficient (Wildman–Crippen LogP) is -7.96. The summed E-state index contributed by atoms with van der Waals surface area (Å²) in [5.41, 5.74) is 22.7. The lowest BCUT2D eigenvalue weighted by atomic mass is 10.0. The number of amides is 16. The Morgan fingerprint density at radius 3 is 1.84 bits per heavy atom. The van der Waals surface area contributed by atoms with E-state index in [0.717, 1.165) is 30.9 Å². The second-order valence-corrected chi connectivity index (χ2v) is 30.5. The molecule has 3 fully saturated rings. The molecule has 16 amide bonds. The van der Waals surface area contributed by atoms with Gasteiger partial charge in [0.05, 0.1) is 50.5 Å². The van der Waals surface area contributed by atoms with Crippen molar-refractivity contribution < 1.29 is 111 Å². The average molecular weight is 1660 g/mol. The number of nitrogens with zero attached hydrogens (tertiary/aromatic N) is 2. The third-order valence-electron chi connectivity index (χ3n) is 18.0. The Morgan fingerprint density at radius 2 is 1.22 bits per heavy atom. The van der Waals surface area contributed by atoms with E-state index >= 15 is 0 Å². The number of aliphatic hydroxyl groups excluding tert-OH is 2. The summed E-state index contributed by atoms with van der Waals surface area (Å²) < 4.78 is 17.1. The molecule has 113 heavy (non-hydrogen) atoms. The highest BCUT2D eigenvalue weighted by Crippen LogP contribution is 2.39. The lowest BCUT2D eigenvalue weighted by Gasteiger charge is -2.33. The van der Waals surface area contributed by atoms with Crippen LogP contribution in [0.3, 0.4) is 0 Å². The fourth-order valence-electron chi connectivity index (χ4n) is 12.2. The van der Waals surface area contributed by atoms with Gasteiger partial charge in [-0.2, -0.15) is 24.4 Å². The number of nitrogens with one attached hydrogen (secondary N) is 14. The predicted molar refractivity (Wildman–Crippen MR) is 409 cm³/mol. The van der Waals surface area contributed by atoms with E-state index in [4.69, 9.17) is 27.5 Å². The fourth-order valence-corrected chi connectivity index (χ4v) is 14.6. The number of nitrogens with two attached hydrogens (primary N) is 4. The number of aliphatic hydroxyl groups is 2. The van der Waals surface area contributed by atoms with Crippen LogP contribution in [0.4, 0.5) is 4.79 Å². The molecule has 27 N–H and O–H groups in total. The van der Waals surface area contributed by atoms with Crippen LogP contribution in [0.5, 0.6) is 0 Å². The number of carbonyl (C=O) groups excluding carboxylic acids is 15. The number of benzene rings is 1. The van der Waals surface area contributed by atoms with Crippen molar-refractivity contribution in [2.45, 2.75) is 214 Å². The maximum atomic E-state index is 14.7. The Kier molecular flexibility index (Phi) is 41.2. The van der Waals surface area contributed by atoms with Gasteiger partial charge >= 0.3 is 19.8 Å². The second kappa shape index (κ2) is 48.5. The number of aliphatic imine (C=N–C) groups is 1. The quantitative estimate of drug-likeness (QED) is 0.00719. The number of rotatable bonds is 51. The van der Waals surface area contributed by atoms with Crippen LogP contribution in [0.1, 0.15) is 123 Å². The summed E-state index contributed by atoms with van der Waals surface area (Å²) in [6, 6.07) is -8.40. The average Bonchev–Trinajstić information content (AvgIpc) is 1.70. The number of primary amides is 1. The van der Waals surface area contributed by atoms with Crippen LogP contribution in [-0.4, -0.2) is 278 Å². The highest BCUT2D eigenvalue weighted by Gasteiger charge is 2.45. The molecule has 3 aliphatic heterocycles. The summed E-state index contributed by atoms with van der Waals surface area (Å²) in [7, 11) is -5.54. The summed E-state index contributed by atoms with van der Waals surface area (Å²) in [5, 5.41) is 65.1. The van der Waals surface area contributed by atoms with Crippen molar-refractivity contribution in [1.82, 2.24) is 79.3 Å². The maximum absolute atomic E-state index is 14.7. The first-order valence-corrected chi connectivity index (χ1v) is 40.0. The number of guanidine groups is 1. The van der Waals surface area contributed by atoms with Gasteiger partial charge in [-0.25, -0.2) is 9.36 Å². The molecule has 0 bridgehead atoms. The van der Waals surface area contributed by atoms with Crippen molar-refractivity contribution in [3.8, 4) is 0 Å². The number of carboxylic acids is 1. The SMILES string of the molecule is CC(C)C[C@H](NC(=O)[C@H](CS)NC(=O)[C@H](CCCN=C(N)N)NC(=O)[C@H](CCCCN)NC(=O)[C@@H]1CCCN1C(=O)[C@@H](NC(=O)[C@H](CCC(=O)O)NC(=O)CNC(=O)[C@H](CO)NC(=O)[C@H](Cc1ccccc1)NC(=O)[C@@H](NC(=O)CNC(=O)CNC(=O)CCCC[C@@H]1SC[C@@H]2NC(=O)N[C@@H]21)[C@@H](C)O)[C@@H](C)OP(=O)(O)O)C(N)=O. The molecule has 3 saturated heterocycles. The zero-order valence-electron chi connectivity index (χ0n) is 63.2.